The summed E-state index contributed by atoms with van der Waals surface area (Å²) in [6, 6.07) is 0.579. The van der Waals surface area contributed by atoms with E-state index in [0.29, 0.717) is 12.0 Å². The number of hydrogen-bond donors (Lipinski definition) is 2. The largest absolute Gasteiger partial charge is 0.353 e. The Kier molecular flexibility index (Phi) is 7.16. The van der Waals surface area contributed by atoms with Gasteiger partial charge < -0.3 is 11.1 Å². The molecular weight excluding hydrogens is 260 g/mol. The molecule has 19 heavy (non-hydrogen) atoms. The van der Waals surface area contributed by atoms with Crippen LogP contribution in [-0.2, 0) is 4.79 Å². The van der Waals surface area contributed by atoms with Crippen LogP contribution < -0.4 is 11.1 Å². The molecule has 2 aliphatic carbocycles. The number of halogens is 1. The minimum Gasteiger partial charge on any atom is -0.353 e. The van der Waals surface area contributed by atoms with E-state index >= 15 is 0 Å². The number of rotatable bonds is 3. The minimum absolute atomic E-state index is 0. The second kappa shape index (κ2) is 8.11. The summed E-state index contributed by atoms with van der Waals surface area (Å²) in [6.45, 7) is 2.18. The number of carbonyl (C=O) groups excluding carboxylic acids is 1. The normalized spacial score (nSPS) is 30.2. The van der Waals surface area contributed by atoms with E-state index in [1.54, 1.807) is 0 Å². The Labute approximate surface area is 123 Å². The van der Waals surface area contributed by atoms with Gasteiger partial charge in [0.2, 0.25) is 5.91 Å². The predicted molar refractivity (Wildman–Crippen MR) is 81.4 cm³/mol. The van der Waals surface area contributed by atoms with Gasteiger partial charge in [0.25, 0.3) is 0 Å². The fourth-order valence-corrected chi connectivity index (χ4v) is 3.56. The van der Waals surface area contributed by atoms with Crippen LogP contribution in [0.15, 0.2) is 0 Å². The van der Waals surface area contributed by atoms with E-state index in [2.05, 4.69) is 12.2 Å². The van der Waals surface area contributed by atoms with Crippen molar-refractivity contribution in [3.05, 3.63) is 0 Å². The lowest BCUT2D eigenvalue weighted by Gasteiger charge is -2.31. The van der Waals surface area contributed by atoms with Gasteiger partial charge in [-0.1, -0.05) is 25.7 Å². The molecule has 2 aliphatic rings. The third-order valence-electron chi connectivity index (χ3n) is 4.81. The number of carbonyl (C=O) groups is 1. The Balaban J connectivity index is 0.00000180. The lowest BCUT2D eigenvalue weighted by Crippen LogP contribution is -2.44. The maximum Gasteiger partial charge on any atom is 0.223 e. The van der Waals surface area contributed by atoms with Crippen LogP contribution >= 0.6 is 12.4 Å². The van der Waals surface area contributed by atoms with E-state index in [9.17, 15) is 4.79 Å². The summed E-state index contributed by atoms with van der Waals surface area (Å²) in [5.41, 5.74) is 5.96. The summed E-state index contributed by atoms with van der Waals surface area (Å²) in [5.74, 6) is 1.11. The topological polar surface area (TPSA) is 55.1 Å². The van der Waals surface area contributed by atoms with Crippen LogP contribution in [0.25, 0.3) is 0 Å². The first kappa shape index (κ1) is 16.8. The fraction of sp³-hybridized carbons (Fsp3) is 0.933. The molecule has 0 spiro atoms. The highest BCUT2D eigenvalue weighted by Gasteiger charge is 2.28. The van der Waals surface area contributed by atoms with Crippen molar-refractivity contribution in [2.45, 2.75) is 76.8 Å². The number of nitrogens with two attached hydrogens (primary N) is 1. The summed E-state index contributed by atoms with van der Waals surface area (Å²) in [7, 11) is 0. The van der Waals surface area contributed by atoms with Crippen molar-refractivity contribution in [1.82, 2.24) is 5.32 Å². The van der Waals surface area contributed by atoms with Gasteiger partial charge in [-0.05, 0) is 44.9 Å². The van der Waals surface area contributed by atoms with Gasteiger partial charge in [-0.3, -0.25) is 4.79 Å². The van der Waals surface area contributed by atoms with Crippen LogP contribution in [-0.4, -0.2) is 18.0 Å². The Morgan fingerprint density at radius 1 is 1.11 bits per heavy atom. The van der Waals surface area contributed by atoms with Gasteiger partial charge in [0.05, 0.1) is 0 Å². The molecule has 2 fully saturated rings. The summed E-state index contributed by atoms with van der Waals surface area (Å²) in [6.07, 6.45) is 10.7. The average Bonchev–Trinajstić information content (AvgIpc) is 2.39. The number of amides is 1. The number of hydrogen-bond acceptors (Lipinski definition) is 2. The van der Waals surface area contributed by atoms with Gasteiger partial charge in [0.15, 0.2) is 0 Å². The van der Waals surface area contributed by atoms with Gasteiger partial charge in [0.1, 0.15) is 0 Å². The van der Waals surface area contributed by atoms with E-state index < -0.39 is 0 Å². The number of nitrogens with one attached hydrogen (secondary N) is 1. The molecule has 2 saturated carbocycles. The van der Waals surface area contributed by atoms with Crippen LogP contribution in [0.2, 0.25) is 0 Å². The van der Waals surface area contributed by atoms with Crippen LogP contribution in [0.3, 0.4) is 0 Å². The lowest BCUT2D eigenvalue weighted by atomic mass is 9.83. The third kappa shape index (κ3) is 4.96. The summed E-state index contributed by atoms with van der Waals surface area (Å²) in [5, 5.41) is 3.25. The average molecular weight is 289 g/mol. The quantitative estimate of drug-likeness (QED) is 0.839. The predicted octanol–water partition coefficient (Wildman–Crippen LogP) is 3.01. The molecule has 0 heterocycles. The Morgan fingerprint density at radius 2 is 1.79 bits per heavy atom. The van der Waals surface area contributed by atoms with Crippen molar-refractivity contribution in [2.24, 2.45) is 17.6 Å². The first-order valence-electron chi connectivity index (χ1n) is 7.72. The van der Waals surface area contributed by atoms with E-state index in [1.807, 2.05) is 0 Å². The summed E-state index contributed by atoms with van der Waals surface area (Å²) >= 11 is 0. The van der Waals surface area contributed by atoms with Gasteiger partial charge in [0, 0.05) is 18.0 Å². The van der Waals surface area contributed by atoms with Crippen LogP contribution in [0.5, 0.6) is 0 Å². The summed E-state index contributed by atoms with van der Waals surface area (Å²) < 4.78 is 0. The molecule has 0 saturated heterocycles. The highest BCUT2D eigenvalue weighted by atomic mass is 35.5. The molecule has 3 N–H and O–H groups in total. The molecule has 0 radical (unpaired) electrons. The van der Waals surface area contributed by atoms with Gasteiger partial charge in [-0.2, -0.15) is 0 Å². The molecule has 3 nitrogen and oxygen atoms in total. The fourth-order valence-electron chi connectivity index (χ4n) is 3.56. The molecule has 112 valence electrons. The molecule has 1 amide bonds. The molecule has 3 unspecified atom stereocenters. The van der Waals surface area contributed by atoms with Crippen LogP contribution in [0.1, 0.15) is 64.7 Å². The lowest BCUT2D eigenvalue weighted by molar-refractivity contribution is -0.127. The van der Waals surface area contributed by atoms with Crippen molar-refractivity contribution in [3.63, 3.8) is 0 Å². The first-order valence-corrected chi connectivity index (χ1v) is 7.72. The Hall–Kier alpha value is -0.280. The molecule has 0 bridgehead atoms. The van der Waals surface area contributed by atoms with Crippen molar-refractivity contribution in [3.8, 4) is 0 Å². The SMILES string of the molecule is CC(NC(=O)C1CCCC(N)C1)C1CCCCC1.Cl. The van der Waals surface area contributed by atoms with Crippen LogP contribution in [0.4, 0.5) is 0 Å². The van der Waals surface area contributed by atoms with E-state index in [1.165, 1.54) is 32.1 Å². The van der Waals surface area contributed by atoms with Crippen molar-refractivity contribution in [2.75, 3.05) is 0 Å². The molecule has 0 aromatic rings. The summed E-state index contributed by atoms with van der Waals surface area (Å²) in [4.78, 5) is 12.2. The van der Waals surface area contributed by atoms with Crippen LogP contribution in [0, 0.1) is 11.8 Å². The molecule has 3 atom stereocenters. The molecule has 0 aliphatic heterocycles. The smallest absolute Gasteiger partial charge is 0.223 e. The Bertz CT molecular complexity index is 279. The van der Waals surface area contributed by atoms with Crippen molar-refractivity contribution in [1.29, 1.82) is 0 Å². The second-order valence-electron chi connectivity index (χ2n) is 6.32. The zero-order valence-electron chi connectivity index (χ0n) is 12.1. The highest BCUT2D eigenvalue weighted by Crippen LogP contribution is 2.27. The first-order chi connectivity index (χ1) is 8.66. The molecule has 4 heteroatoms. The molecular formula is C15H29ClN2O. The third-order valence-corrected chi connectivity index (χ3v) is 4.81. The van der Waals surface area contributed by atoms with E-state index in [4.69, 9.17) is 5.73 Å². The van der Waals surface area contributed by atoms with Gasteiger partial charge >= 0.3 is 0 Å². The minimum atomic E-state index is 0. The molecule has 0 aromatic carbocycles. The standard InChI is InChI=1S/C15H28N2O.ClH/c1-11(12-6-3-2-4-7-12)17-15(18)13-8-5-9-14(16)10-13;/h11-14H,2-10,16H2,1H3,(H,17,18);1H. The second-order valence-corrected chi connectivity index (χ2v) is 6.32. The maximum atomic E-state index is 12.2. The molecule has 2 rings (SSSR count). The van der Waals surface area contributed by atoms with E-state index in [0.717, 1.165) is 25.7 Å². The monoisotopic (exact) mass is 288 g/mol. The van der Waals surface area contributed by atoms with Gasteiger partial charge in [-0.15, -0.1) is 12.4 Å². The highest BCUT2D eigenvalue weighted by molar-refractivity contribution is 5.85. The Morgan fingerprint density at radius 3 is 2.42 bits per heavy atom. The van der Waals surface area contributed by atoms with Crippen molar-refractivity contribution < 1.29 is 4.79 Å². The zero-order chi connectivity index (χ0) is 13.0. The zero-order valence-corrected chi connectivity index (χ0v) is 12.9. The molecule has 0 aromatic heterocycles. The van der Waals surface area contributed by atoms with Crippen molar-refractivity contribution >= 4 is 18.3 Å². The maximum absolute atomic E-state index is 12.2. The van der Waals surface area contributed by atoms with Gasteiger partial charge in [-0.25, -0.2) is 0 Å². The van der Waals surface area contributed by atoms with E-state index in [-0.39, 0.29) is 30.3 Å².